The van der Waals surface area contributed by atoms with Crippen molar-refractivity contribution in [2.45, 2.75) is 19.0 Å². The fourth-order valence-electron chi connectivity index (χ4n) is 3.80. The van der Waals surface area contributed by atoms with E-state index in [4.69, 9.17) is 0 Å². The van der Waals surface area contributed by atoms with E-state index in [1.165, 1.54) is 5.56 Å². The summed E-state index contributed by atoms with van der Waals surface area (Å²) in [6.45, 7) is 0.810. The predicted octanol–water partition coefficient (Wildman–Crippen LogP) is 3.82. The molecule has 0 aliphatic carbocycles. The molecule has 3 aromatic carbocycles. The lowest BCUT2D eigenvalue weighted by Crippen LogP contribution is -2.29. The van der Waals surface area contributed by atoms with Crippen molar-refractivity contribution in [3.05, 3.63) is 108 Å². The van der Waals surface area contributed by atoms with Gasteiger partial charge in [0.15, 0.2) is 0 Å². The molecular weight excluding hydrogens is 376 g/mol. The summed E-state index contributed by atoms with van der Waals surface area (Å²) in [5.74, 6) is -0.818. The maximum absolute atomic E-state index is 11.4. The molecule has 1 unspecified atom stereocenters. The maximum atomic E-state index is 11.4. The Kier molecular flexibility index (Phi) is 7.01. The molecule has 0 radical (unpaired) electrons. The summed E-state index contributed by atoms with van der Waals surface area (Å²) >= 11 is 0. The van der Waals surface area contributed by atoms with Crippen molar-refractivity contribution in [3.63, 3.8) is 0 Å². The van der Waals surface area contributed by atoms with Crippen LogP contribution in [0.4, 0.5) is 0 Å². The molecule has 1 heterocycles. The molecule has 0 aliphatic rings. The molecule has 4 rings (SSSR count). The quantitative estimate of drug-likeness (QED) is 0.470. The summed E-state index contributed by atoms with van der Waals surface area (Å²) < 4.78 is 2.16. The van der Waals surface area contributed by atoms with Crippen molar-refractivity contribution in [1.82, 2.24) is 9.88 Å². The molecule has 4 aromatic rings. The highest BCUT2D eigenvalue weighted by molar-refractivity contribution is 5.87. The van der Waals surface area contributed by atoms with Crippen LogP contribution in [0, 0.1) is 0 Å². The van der Waals surface area contributed by atoms with E-state index >= 15 is 0 Å². The van der Waals surface area contributed by atoms with E-state index in [1.807, 2.05) is 48.7 Å². The average Bonchev–Trinajstić information content (AvgIpc) is 3.10. The smallest absolute Gasteiger partial charge is 0.307 e. The number of nitrogens with zero attached hydrogens (tertiary/aromatic N) is 1. The van der Waals surface area contributed by atoms with Gasteiger partial charge in [0.1, 0.15) is 6.17 Å². The second-order valence-electron chi connectivity index (χ2n) is 7.15. The molecule has 0 aliphatic heterocycles. The van der Waals surface area contributed by atoms with Gasteiger partial charge in [-0.25, -0.2) is 0 Å². The zero-order valence-corrected chi connectivity index (χ0v) is 16.7. The summed E-state index contributed by atoms with van der Waals surface area (Å²) in [4.78, 5) is 11.4. The van der Waals surface area contributed by atoms with Gasteiger partial charge in [-0.15, -0.1) is 0 Å². The van der Waals surface area contributed by atoms with E-state index in [1.54, 1.807) is 0 Å². The Morgan fingerprint density at radius 3 is 2.23 bits per heavy atom. The first-order valence-electron chi connectivity index (χ1n) is 9.85. The van der Waals surface area contributed by atoms with Gasteiger partial charge in [0.2, 0.25) is 0 Å². The van der Waals surface area contributed by atoms with Crippen LogP contribution in [0.5, 0.6) is 0 Å². The third kappa shape index (κ3) is 4.76. The number of para-hydroxylation sites is 1. The summed E-state index contributed by atoms with van der Waals surface area (Å²) in [5, 5.41) is 14.0. The van der Waals surface area contributed by atoms with Crippen LogP contribution in [0.1, 0.15) is 22.9 Å². The van der Waals surface area contributed by atoms with Crippen LogP contribution >= 0.6 is 0 Å². The number of nitrogens with one attached hydrogen (secondary N) is 1. The molecule has 1 aromatic heterocycles. The number of carboxylic acid groups (broad SMARTS) is 1. The number of fused-ring (bicyclic) bond motifs is 1. The van der Waals surface area contributed by atoms with E-state index < -0.39 is 5.97 Å². The van der Waals surface area contributed by atoms with Crippen molar-refractivity contribution < 1.29 is 15.4 Å². The van der Waals surface area contributed by atoms with Gasteiger partial charge >= 0.3 is 5.97 Å². The van der Waals surface area contributed by atoms with Crippen molar-refractivity contribution in [1.29, 1.82) is 0 Å². The highest BCUT2D eigenvalue weighted by Crippen LogP contribution is 2.27. The molecule has 0 saturated heterocycles. The number of rotatable bonds is 8. The molecule has 5 heteroatoms. The van der Waals surface area contributed by atoms with Gasteiger partial charge in [-0.2, -0.15) is 0 Å². The SMILES string of the molecule is O.O=C(O)Cc1cn(C(NCCc2ccccc2)c2ccccc2)c2ccccc12. The van der Waals surface area contributed by atoms with Gasteiger partial charge in [-0.1, -0.05) is 78.9 Å². The topological polar surface area (TPSA) is 85.8 Å². The summed E-state index contributed by atoms with van der Waals surface area (Å²) in [6.07, 6.45) is 2.84. The second-order valence-corrected chi connectivity index (χ2v) is 7.15. The molecular formula is C25H26N2O3. The van der Waals surface area contributed by atoms with Crippen molar-refractivity contribution in [2.75, 3.05) is 6.54 Å². The standard InChI is InChI=1S/C25H24N2O2.H2O/c28-24(29)17-21-18-27(23-14-8-7-13-22(21)23)25(20-11-5-2-6-12-20)26-16-15-19-9-3-1-4-10-19;/h1-14,18,25-26H,15-17H2,(H,28,29);1H2. The zero-order valence-electron chi connectivity index (χ0n) is 16.7. The van der Waals surface area contributed by atoms with Gasteiger partial charge in [0.05, 0.1) is 6.42 Å². The maximum Gasteiger partial charge on any atom is 0.307 e. The Morgan fingerprint density at radius 1 is 0.900 bits per heavy atom. The molecule has 0 fully saturated rings. The lowest BCUT2D eigenvalue weighted by Gasteiger charge is -2.22. The minimum atomic E-state index is -0.818. The van der Waals surface area contributed by atoms with Crippen LogP contribution in [0.2, 0.25) is 0 Å². The highest BCUT2D eigenvalue weighted by Gasteiger charge is 2.18. The fourth-order valence-corrected chi connectivity index (χ4v) is 3.80. The first-order valence-corrected chi connectivity index (χ1v) is 9.85. The van der Waals surface area contributed by atoms with Gasteiger partial charge in [-0.3, -0.25) is 10.1 Å². The van der Waals surface area contributed by atoms with Crippen molar-refractivity contribution in [2.24, 2.45) is 0 Å². The van der Waals surface area contributed by atoms with E-state index in [0.29, 0.717) is 0 Å². The zero-order chi connectivity index (χ0) is 20.1. The first-order chi connectivity index (χ1) is 14.2. The van der Waals surface area contributed by atoms with E-state index in [0.717, 1.165) is 35.0 Å². The van der Waals surface area contributed by atoms with Crippen molar-refractivity contribution in [3.8, 4) is 0 Å². The minimum Gasteiger partial charge on any atom is -0.481 e. The van der Waals surface area contributed by atoms with Crippen LogP contribution in [0.15, 0.2) is 91.1 Å². The Morgan fingerprint density at radius 2 is 1.53 bits per heavy atom. The van der Waals surface area contributed by atoms with Crippen LogP contribution in [0.3, 0.4) is 0 Å². The minimum absolute atomic E-state index is 0. The van der Waals surface area contributed by atoms with E-state index in [9.17, 15) is 9.90 Å². The monoisotopic (exact) mass is 402 g/mol. The number of aromatic nitrogens is 1. The molecule has 0 spiro atoms. The summed E-state index contributed by atoms with van der Waals surface area (Å²) in [6, 6.07) is 28.7. The first kappa shape index (κ1) is 21.3. The van der Waals surface area contributed by atoms with E-state index in [-0.39, 0.29) is 18.1 Å². The van der Waals surface area contributed by atoms with Gasteiger partial charge in [0.25, 0.3) is 0 Å². The van der Waals surface area contributed by atoms with Crippen LogP contribution in [0.25, 0.3) is 10.9 Å². The molecule has 1 atom stereocenters. The normalized spacial score (nSPS) is 11.7. The lowest BCUT2D eigenvalue weighted by atomic mass is 10.1. The van der Waals surface area contributed by atoms with Gasteiger partial charge < -0.3 is 15.1 Å². The van der Waals surface area contributed by atoms with Crippen molar-refractivity contribution >= 4 is 16.9 Å². The van der Waals surface area contributed by atoms with Gasteiger partial charge in [0, 0.05) is 23.6 Å². The third-order valence-corrected chi connectivity index (χ3v) is 5.15. The molecule has 4 N–H and O–H groups in total. The number of hydrogen-bond acceptors (Lipinski definition) is 2. The Balaban J connectivity index is 0.00000256. The average molecular weight is 402 g/mol. The molecule has 0 amide bonds. The molecule has 0 saturated carbocycles. The molecule has 154 valence electrons. The lowest BCUT2D eigenvalue weighted by molar-refractivity contribution is -0.136. The second kappa shape index (κ2) is 9.87. The van der Waals surface area contributed by atoms with Gasteiger partial charge in [-0.05, 0) is 29.2 Å². The van der Waals surface area contributed by atoms with Crippen LogP contribution < -0.4 is 5.32 Å². The Hall–Kier alpha value is -3.41. The number of carboxylic acids is 1. The summed E-state index contributed by atoms with van der Waals surface area (Å²) in [5.41, 5.74) is 4.29. The summed E-state index contributed by atoms with van der Waals surface area (Å²) in [7, 11) is 0. The Labute approximate surface area is 175 Å². The van der Waals surface area contributed by atoms with Crippen LogP contribution in [-0.2, 0) is 17.6 Å². The Bertz CT molecular complexity index is 1090. The number of aliphatic carboxylic acids is 1. The predicted molar refractivity (Wildman–Crippen MR) is 120 cm³/mol. The molecule has 30 heavy (non-hydrogen) atoms. The molecule has 5 nitrogen and oxygen atoms in total. The number of carbonyl (C=O) groups is 1. The van der Waals surface area contributed by atoms with E-state index in [2.05, 4.69) is 52.3 Å². The fraction of sp³-hybridized carbons (Fsp3) is 0.160. The van der Waals surface area contributed by atoms with Crippen LogP contribution in [-0.4, -0.2) is 27.7 Å². The highest BCUT2D eigenvalue weighted by atomic mass is 16.4. The largest absolute Gasteiger partial charge is 0.481 e. The number of benzene rings is 3. The third-order valence-electron chi connectivity index (χ3n) is 5.15. The number of hydrogen-bond donors (Lipinski definition) is 2. The molecule has 0 bridgehead atoms.